The number of nitrogens with zero attached hydrogens (tertiary/aromatic N) is 1. The molecule has 3 amide bonds. The minimum Gasteiger partial charge on any atom is -0.316 e. The van der Waals surface area contributed by atoms with Crippen LogP contribution >= 0.6 is 0 Å². The van der Waals surface area contributed by atoms with Crippen LogP contribution in [0.25, 0.3) is 11.3 Å². The van der Waals surface area contributed by atoms with Crippen LogP contribution in [-0.4, -0.2) is 16.9 Å². The molecule has 0 saturated carbocycles. The van der Waals surface area contributed by atoms with Crippen LogP contribution in [0.5, 0.6) is 0 Å². The van der Waals surface area contributed by atoms with Gasteiger partial charge in [-0.3, -0.25) is 15.1 Å². The number of hydrogen-bond donors (Lipinski definition) is 2. The van der Waals surface area contributed by atoms with E-state index in [4.69, 9.17) is 0 Å². The van der Waals surface area contributed by atoms with Gasteiger partial charge in [0.1, 0.15) is 5.82 Å². The number of carbonyl (C=O) groups is 2. The standard InChI is InChI=1S/C15H10FN3O2/c1-7-4-11-12(17-6-7)9-3-2-8(16)5-10(9)15(11)13(20)18-14(21)19-15/h2-6H,1H3,(H2,18,19,20,21). The van der Waals surface area contributed by atoms with Gasteiger partial charge in [-0.15, -0.1) is 0 Å². The number of aryl methyl sites for hydroxylation is 1. The van der Waals surface area contributed by atoms with Gasteiger partial charge in [-0.25, -0.2) is 9.18 Å². The quantitative estimate of drug-likeness (QED) is 0.721. The first-order chi connectivity index (χ1) is 10.0. The number of urea groups is 1. The second-order valence-corrected chi connectivity index (χ2v) is 5.26. The molecule has 1 spiro atoms. The molecule has 1 fully saturated rings. The van der Waals surface area contributed by atoms with Crippen LogP contribution in [0.3, 0.4) is 0 Å². The summed E-state index contributed by atoms with van der Waals surface area (Å²) in [6.07, 6.45) is 1.68. The fourth-order valence-corrected chi connectivity index (χ4v) is 3.08. The molecular formula is C15H10FN3O2. The number of rotatable bonds is 0. The van der Waals surface area contributed by atoms with Crippen molar-refractivity contribution in [2.75, 3.05) is 0 Å². The third-order valence-electron chi connectivity index (χ3n) is 3.94. The zero-order valence-electron chi connectivity index (χ0n) is 11.0. The highest BCUT2D eigenvalue weighted by Crippen LogP contribution is 2.48. The smallest absolute Gasteiger partial charge is 0.316 e. The lowest BCUT2D eigenvalue weighted by molar-refractivity contribution is -0.122. The lowest BCUT2D eigenvalue weighted by Gasteiger charge is -2.23. The van der Waals surface area contributed by atoms with E-state index >= 15 is 0 Å². The highest BCUT2D eigenvalue weighted by atomic mass is 19.1. The Balaban J connectivity index is 2.12. The third kappa shape index (κ3) is 1.36. The fourth-order valence-electron chi connectivity index (χ4n) is 3.08. The Kier molecular flexibility index (Phi) is 2.10. The first-order valence-corrected chi connectivity index (χ1v) is 6.43. The van der Waals surface area contributed by atoms with Gasteiger partial charge in [-0.2, -0.15) is 0 Å². The predicted molar refractivity (Wildman–Crippen MR) is 71.8 cm³/mol. The van der Waals surface area contributed by atoms with E-state index in [1.54, 1.807) is 18.3 Å². The van der Waals surface area contributed by atoms with E-state index in [1.807, 2.05) is 6.92 Å². The molecule has 1 aromatic heterocycles. The van der Waals surface area contributed by atoms with Crippen LogP contribution < -0.4 is 10.6 Å². The minimum atomic E-state index is -1.39. The number of aromatic nitrogens is 1. The molecule has 1 atom stereocenters. The molecule has 2 heterocycles. The molecule has 2 aliphatic rings. The Morgan fingerprint density at radius 2 is 2.00 bits per heavy atom. The van der Waals surface area contributed by atoms with E-state index in [9.17, 15) is 14.0 Å². The first-order valence-electron chi connectivity index (χ1n) is 6.43. The summed E-state index contributed by atoms with van der Waals surface area (Å²) in [6, 6.07) is 5.38. The highest BCUT2D eigenvalue weighted by molar-refractivity contribution is 6.12. The zero-order chi connectivity index (χ0) is 14.8. The van der Waals surface area contributed by atoms with E-state index < -0.39 is 23.3 Å². The number of nitrogens with one attached hydrogen (secondary N) is 2. The van der Waals surface area contributed by atoms with Gasteiger partial charge in [-0.05, 0) is 36.8 Å². The molecule has 6 heteroatoms. The number of hydrogen-bond acceptors (Lipinski definition) is 3. The largest absolute Gasteiger partial charge is 0.322 e. The number of imide groups is 1. The number of pyridine rings is 1. The Bertz CT molecular complexity index is 780. The fraction of sp³-hybridized carbons (Fsp3) is 0.133. The zero-order valence-corrected chi connectivity index (χ0v) is 11.0. The molecule has 104 valence electrons. The van der Waals surface area contributed by atoms with E-state index in [0.717, 1.165) is 5.56 Å². The lowest BCUT2D eigenvalue weighted by atomic mass is 9.87. The van der Waals surface area contributed by atoms with Gasteiger partial charge >= 0.3 is 6.03 Å². The van der Waals surface area contributed by atoms with Crippen molar-refractivity contribution in [1.29, 1.82) is 0 Å². The van der Waals surface area contributed by atoms with Gasteiger partial charge in [0.05, 0.1) is 5.69 Å². The first kappa shape index (κ1) is 12.0. The van der Waals surface area contributed by atoms with E-state index in [0.29, 0.717) is 22.4 Å². The number of amides is 3. The monoisotopic (exact) mass is 283 g/mol. The Morgan fingerprint density at radius 1 is 1.19 bits per heavy atom. The molecule has 1 aliphatic heterocycles. The number of fused-ring (bicyclic) bond motifs is 5. The molecule has 1 saturated heterocycles. The number of halogens is 1. The van der Waals surface area contributed by atoms with Crippen molar-refractivity contribution in [2.24, 2.45) is 0 Å². The summed E-state index contributed by atoms with van der Waals surface area (Å²) in [5.74, 6) is -0.975. The van der Waals surface area contributed by atoms with Crippen LogP contribution in [0.1, 0.15) is 16.7 Å². The van der Waals surface area contributed by atoms with Crippen molar-refractivity contribution >= 4 is 11.9 Å². The molecule has 5 nitrogen and oxygen atoms in total. The van der Waals surface area contributed by atoms with Crippen LogP contribution in [0.15, 0.2) is 30.5 Å². The lowest BCUT2D eigenvalue weighted by Crippen LogP contribution is -2.43. The van der Waals surface area contributed by atoms with Gasteiger partial charge in [0, 0.05) is 22.9 Å². The normalized spacial score (nSPS) is 22.0. The Labute approximate surface area is 119 Å². The number of benzene rings is 1. The van der Waals surface area contributed by atoms with Crippen molar-refractivity contribution in [1.82, 2.24) is 15.6 Å². The van der Waals surface area contributed by atoms with Crippen LogP contribution in [0, 0.1) is 12.7 Å². The van der Waals surface area contributed by atoms with Gasteiger partial charge in [0.15, 0.2) is 5.54 Å². The van der Waals surface area contributed by atoms with Crippen molar-refractivity contribution in [3.63, 3.8) is 0 Å². The summed E-state index contributed by atoms with van der Waals surface area (Å²) in [4.78, 5) is 28.4. The Morgan fingerprint density at radius 3 is 2.71 bits per heavy atom. The maximum Gasteiger partial charge on any atom is 0.322 e. The van der Waals surface area contributed by atoms with E-state index in [1.165, 1.54) is 12.1 Å². The van der Waals surface area contributed by atoms with Gasteiger partial charge in [0.25, 0.3) is 5.91 Å². The van der Waals surface area contributed by atoms with Crippen LogP contribution in [0.2, 0.25) is 0 Å². The molecule has 0 radical (unpaired) electrons. The topological polar surface area (TPSA) is 71.1 Å². The number of carbonyl (C=O) groups excluding carboxylic acids is 2. The molecule has 2 aromatic rings. The maximum atomic E-state index is 13.7. The SMILES string of the molecule is Cc1cnc2c(c1)C1(NC(=O)NC1=O)c1cc(F)ccc1-2. The maximum absolute atomic E-state index is 13.7. The summed E-state index contributed by atoms with van der Waals surface area (Å²) in [7, 11) is 0. The molecule has 1 aliphatic carbocycles. The van der Waals surface area contributed by atoms with Gasteiger partial charge in [-0.1, -0.05) is 0 Å². The average molecular weight is 283 g/mol. The summed E-state index contributed by atoms with van der Waals surface area (Å²) >= 11 is 0. The molecular weight excluding hydrogens is 273 g/mol. The minimum absolute atomic E-state index is 0.416. The second kappa shape index (κ2) is 3.66. The summed E-state index contributed by atoms with van der Waals surface area (Å²) in [6.45, 7) is 1.85. The highest BCUT2D eigenvalue weighted by Gasteiger charge is 2.55. The van der Waals surface area contributed by atoms with Crippen molar-refractivity contribution in [3.05, 3.63) is 53.0 Å². The molecule has 0 bridgehead atoms. The average Bonchev–Trinajstić information content (AvgIpc) is 2.87. The van der Waals surface area contributed by atoms with Crippen LogP contribution in [0.4, 0.5) is 9.18 Å². The molecule has 1 unspecified atom stereocenters. The summed E-state index contributed by atoms with van der Waals surface area (Å²) < 4.78 is 13.7. The van der Waals surface area contributed by atoms with Crippen molar-refractivity contribution in [3.8, 4) is 11.3 Å². The van der Waals surface area contributed by atoms with Crippen molar-refractivity contribution < 1.29 is 14.0 Å². The van der Waals surface area contributed by atoms with Crippen molar-refractivity contribution in [2.45, 2.75) is 12.5 Å². The molecule has 4 rings (SSSR count). The van der Waals surface area contributed by atoms with Gasteiger partial charge in [0.2, 0.25) is 0 Å². The summed E-state index contributed by atoms with van der Waals surface area (Å²) in [5.41, 5.74) is 1.71. The van der Waals surface area contributed by atoms with E-state index in [-0.39, 0.29) is 0 Å². The predicted octanol–water partition coefficient (Wildman–Crippen LogP) is 1.59. The third-order valence-corrected chi connectivity index (χ3v) is 3.94. The summed E-state index contributed by atoms with van der Waals surface area (Å²) in [5, 5.41) is 4.87. The van der Waals surface area contributed by atoms with Gasteiger partial charge < -0.3 is 5.32 Å². The Hall–Kier alpha value is -2.76. The van der Waals surface area contributed by atoms with Crippen LogP contribution in [-0.2, 0) is 10.3 Å². The van der Waals surface area contributed by atoms with E-state index in [2.05, 4.69) is 15.6 Å². The molecule has 2 N–H and O–H groups in total. The molecule has 1 aromatic carbocycles. The molecule has 21 heavy (non-hydrogen) atoms. The second-order valence-electron chi connectivity index (χ2n) is 5.26.